The van der Waals surface area contributed by atoms with Crippen LogP contribution in [0.1, 0.15) is 26.2 Å². The second kappa shape index (κ2) is 6.65. The predicted octanol–water partition coefficient (Wildman–Crippen LogP) is 3.46. The van der Waals surface area contributed by atoms with Crippen LogP contribution in [0.25, 0.3) is 0 Å². The zero-order valence-electron chi connectivity index (χ0n) is 12.7. The fourth-order valence-electron chi connectivity index (χ4n) is 2.93. The van der Waals surface area contributed by atoms with Gasteiger partial charge < -0.3 is 14.8 Å². The van der Waals surface area contributed by atoms with Crippen molar-refractivity contribution >= 4 is 11.4 Å². The normalized spacial score (nSPS) is 21.1. The Kier molecular flexibility index (Phi) is 4.88. The van der Waals surface area contributed by atoms with Crippen LogP contribution in [0, 0.1) is 22.0 Å². The molecule has 0 aromatic heterocycles. The van der Waals surface area contributed by atoms with Crippen molar-refractivity contribution in [2.45, 2.75) is 26.2 Å². The van der Waals surface area contributed by atoms with E-state index in [1.165, 1.54) is 39.5 Å². The van der Waals surface area contributed by atoms with E-state index in [1.807, 2.05) is 0 Å². The Labute approximate surface area is 124 Å². The monoisotopic (exact) mass is 294 g/mol. The van der Waals surface area contributed by atoms with Crippen molar-refractivity contribution < 1.29 is 14.4 Å². The maximum atomic E-state index is 11.2. The topological polar surface area (TPSA) is 73.6 Å². The van der Waals surface area contributed by atoms with Gasteiger partial charge in [0.1, 0.15) is 5.69 Å². The van der Waals surface area contributed by atoms with Gasteiger partial charge >= 0.3 is 0 Å². The molecule has 1 aliphatic carbocycles. The van der Waals surface area contributed by atoms with Crippen LogP contribution in [-0.2, 0) is 0 Å². The van der Waals surface area contributed by atoms with Crippen LogP contribution in [0.5, 0.6) is 11.5 Å². The molecule has 1 fully saturated rings. The summed E-state index contributed by atoms with van der Waals surface area (Å²) in [5, 5.41) is 14.4. The first-order valence-electron chi connectivity index (χ1n) is 7.19. The number of methoxy groups -OCH3 is 2. The maximum absolute atomic E-state index is 11.2. The van der Waals surface area contributed by atoms with Gasteiger partial charge in [-0.15, -0.1) is 0 Å². The molecule has 2 rings (SSSR count). The largest absolute Gasteiger partial charge is 0.493 e. The summed E-state index contributed by atoms with van der Waals surface area (Å²) < 4.78 is 10.3. The molecule has 0 saturated heterocycles. The van der Waals surface area contributed by atoms with Crippen LogP contribution in [0.15, 0.2) is 12.1 Å². The van der Waals surface area contributed by atoms with Gasteiger partial charge in [-0.2, -0.15) is 0 Å². The van der Waals surface area contributed by atoms with Crippen LogP contribution in [0.3, 0.4) is 0 Å². The first kappa shape index (κ1) is 15.4. The number of nitro benzene ring substituents is 1. The minimum atomic E-state index is -0.401. The van der Waals surface area contributed by atoms with E-state index < -0.39 is 4.92 Å². The molecular formula is C15H22N2O4. The summed E-state index contributed by atoms with van der Waals surface area (Å²) in [6.07, 6.45) is 3.59. The average molecular weight is 294 g/mol. The standard InChI is InChI=1S/C15H22N2O4/c1-10-4-5-11(6-10)9-16-12-7-14(20-2)15(21-3)8-13(12)17(18)19/h7-8,10-11,16H,4-6,9H2,1-3H3. The Morgan fingerprint density at radius 2 is 1.95 bits per heavy atom. The summed E-state index contributed by atoms with van der Waals surface area (Å²) in [7, 11) is 2.99. The second-order valence-electron chi connectivity index (χ2n) is 5.65. The quantitative estimate of drug-likeness (QED) is 0.642. The average Bonchev–Trinajstić information content (AvgIpc) is 2.89. The lowest BCUT2D eigenvalue weighted by atomic mass is 10.1. The number of ether oxygens (including phenoxy) is 2. The number of hydrogen-bond acceptors (Lipinski definition) is 5. The van der Waals surface area contributed by atoms with E-state index in [-0.39, 0.29) is 5.69 Å². The van der Waals surface area contributed by atoms with Crippen molar-refractivity contribution in [1.29, 1.82) is 0 Å². The van der Waals surface area contributed by atoms with E-state index in [2.05, 4.69) is 12.2 Å². The van der Waals surface area contributed by atoms with E-state index in [1.54, 1.807) is 6.07 Å². The number of nitrogens with one attached hydrogen (secondary N) is 1. The molecule has 116 valence electrons. The van der Waals surface area contributed by atoms with Crippen molar-refractivity contribution in [1.82, 2.24) is 0 Å². The molecule has 0 bridgehead atoms. The Morgan fingerprint density at radius 1 is 1.29 bits per heavy atom. The molecule has 2 unspecified atom stereocenters. The number of rotatable bonds is 6. The van der Waals surface area contributed by atoms with Gasteiger partial charge in [0.2, 0.25) is 0 Å². The predicted molar refractivity (Wildman–Crippen MR) is 81.2 cm³/mol. The maximum Gasteiger partial charge on any atom is 0.296 e. The highest BCUT2D eigenvalue weighted by Crippen LogP contribution is 2.38. The lowest BCUT2D eigenvalue weighted by Gasteiger charge is -2.14. The molecule has 1 N–H and O–H groups in total. The number of hydrogen-bond donors (Lipinski definition) is 1. The summed E-state index contributed by atoms with van der Waals surface area (Å²) in [6.45, 7) is 3.00. The molecule has 1 aromatic rings. The molecule has 0 amide bonds. The van der Waals surface area contributed by atoms with Gasteiger partial charge in [-0.1, -0.05) is 13.3 Å². The third-order valence-corrected chi connectivity index (χ3v) is 4.08. The first-order chi connectivity index (χ1) is 10.0. The van der Waals surface area contributed by atoms with Crippen LogP contribution in [0.4, 0.5) is 11.4 Å². The zero-order chi connectivity index (χ0) is 15.4. The van der Waals surface area contributed by atoms with E-state index in [0.717, 1.165) is 12.5 Å². The van der Waals surface area contributed by atoms with Crippen LogP contribution in [0.2, 0.25) is 0 Å². The van der Waals surface area contributed by atoms with Crippen molar-refractivity contribution in [3.8, 4) is 11.5 Å². The molecule has 0 radical (unpaired) electrons. The van der Waals surface area contributed by atoms with E-state index in [0.29, 0.717) is 23.1 Å². The van der Waals surface area contributed by atoms with Gasteiger partial charge in [0.05, 0.1) is 25.2 Å². The fourth-order valence-corrected chi connectivity index (χ4v) is 2.93. The smallest absolute Gasteiger partial charge is 0.296 e. The highest BCUT2D eigenvalue weighted by molar-refractivity contribution is 5.68. The molecule has 2 atom stereocenters. The molecule has 0 heterocycles. The van der Waals surface area contributed by atoms with Crippen LogP contribution >= 0.6 is 0 Å². The Balaban J connectivity index is 2.18. The number of anilines is 1. The van der Waals surface area contributed by atoms with E-state index in [9.17, 15) is 10.1 Å². The molecule has 1 aliphatic rings. The Bertz CT molecular complexity index is 519. The van der Waals surface area contributed by atoms with E-state index >= 15 is 0 Å². The lowest BCUT2D eigenvalue weighted by molar-refractivity contribution is -0.384. The molecule has 21 heavy (non-hydrogen) atoms. The number of nitro groups is 1. The third-order valence-electron chi connectivity index (χ3n) is 4.08. The van der Waals surface area contributed by atoms with Gasteiger partial charge in [0.25, 0.3) is 5.69 Å². The SMILES string of the molecule is COc1cc(NCC2CCC(C)C2)c([N+](=O)[O-])cc1OC. The van der Waals surface area contributed by atoms with Crippen molar-refractivity contribution in [3.05, 3.63) is 22.2 Å². The molecule has 0 spiro atoms. The first-order valence-corrected chi connectivity index (χ1v) is 7.19. The highest BCUT2D eigenvalue weighted by Gasteiger charge is 2.23. The minimum Gasteiger partial charge on any atom is -0.493 e. The van der Waals surface area contributed by atoms with Crippen LogP contribution in [-0.4, -0.2) is 25.7 Å². The van der Waals surface area contributed by atoms with Gasteiger partial charge in [0.15, 0.2) is 11.5 Å². The summed E-state index contributed by atoms with van der Waals surface area (Å²) in [6, 6.07) is 3.04. The molecule has 0 aliphatic heterocycles. The van der Waals surface area contributed by atoms with Crippen molar-refractivity contribution in [3.63, 3.8) is 0 Å². The summed E-state index contributed by atoms with van der Waals surface area (Å²) in [5.41, 5.74) is 0.496. The van der Waals surface area contributed by atoms with Gasteiger partial charge in [-0.25, -0.2) is 0 Å². The summed E-state index contributed by atoms with van der Waals surface area (Å²) >= 11 is 0. The number of nitrogens with zero attached hydrogens (tertiary/aromatic N) is 1. The van der Waals surface area contributed by atoms with Crippen molar-refractivity contribution in [2.24, 2.45) is 11.8 Å². The molecule has 1 aromatic carbocycles. The van der Waals surface area contributed by atoms with E-state index in [4.69, 9.17) is 9.47 Å². The fraction of sp³-hybridized carbons (Fsp3) is 0.600. The molecule has 1 saturated carbocycles. The summed E-state index contributed by atoms with van der Waals surface area (Å²) in [5.74, 6) is 2.18. The number of benzene rings is 1. The highest BCUT2D eigenvalue weighted by atomic mass is 16.6. The van der Waals surface area contributed by atoms with Crippen LogP contribution < -0.4 is 14.8 Å². The van der Waals surface area contributed by atoms with Gasteiger partial charge in [-0.3, -0.25) is 10.1 Å². The Morgan fingerprint density at radius 3 is 2.48 bits per heavy atom. The molecule has 6 heteroatoms. The Hall–Kier alpha value is -1.98. The molecular weight excluding hydrogens is 272 g/mol. The van der Waals surface area contributed by atoms with Crippen molar-refractivity contribution in [2.75, 3.05) is 26.1 Å². The molecule has 6 nitrogen and oxygen atoms in total. The van der Waals surface area contributed by atoms with Gasteiger partial charge in [0, 0.05) is 12.6 Å². The lowest BCUT2D eigenvalue weighted by Crippen LogP contribution is -2.12. The zero-order valence-corrected chi connectivity index (χ0v) is 12.7. The summed E-state index contributed by atoms with van der Waals surface area (Å²) in [4.78, 5) is 10.8. The third kappa shape index (κ3) is 3.56. The minimum absolute atomic E-state index is 0.0127. The van der Waals surface area contributed by atoms with Gasteiger partial charge in [-0.05, 0) is 24.7 Å². The second-order valence-corrected chi connectivity index (χ2v) is 5.65.